The predicted molar refractivity (Wildman–Crippen MR) is 58.4 cm³/mol. The normalized spacial score (nSPS) is 9.17. The highest BCUT2D eigenvalue weighted by Crippen LogP contribution is 2.18. The third kappa shape index (κ3) is 2.63. The Balaban J connectivity index is 3.44. The van der Waals surface area contributed by atoms with Crippen LogP contribution in [0.25, 0.3) is 5.53 Å². The number of hydrogen-bond acceptors (Lipinski definition) is 5. The first-order valence-corrected chi connectivity index (χ1v) is 4.59. The number of benzene rings is 1. The second-order valence-electron chi connectivity index (χ2n) is 3.09. The molecule has 0 N–H and O–H groups in total. The predicted octanol–water partition coefficient (Wildman–Crippen LogP) is 0.865. The molecule has 8 nitrogen and oxygen atoms in total. The first-order chi connectivity index (χ1) is 8.51. The molecule has 0 aliphatic heterocycles. The van der Waals surface area contributed by atoms with Gasteiger partial charge in [-0.3, -0.25) is 14.9 Å². The van der Waals surface area contributed by atoms with E-state index in [-0.39, 0.29) is 16.8 Å². The summed E-state index contributed by atoms with van der Waals surface area (Å²) >= 11 is 0. The van der Waals surface area contributed by atoms with E-state index in [0.29, 0.717) is 6.21 Å². The molecule has 1 aromatic carbocycles. The Bertz CT molecular complexity index is 575. The van der Waals surface area contributed by atoms with Gasteiger partial charge in [0.2, 0.25) is 0 Å². The maximum atomic E-state index is 11.5. The number of ketones is 1. The number of nitro groups is 1. The highest BCUT2D eigenvalue weighted by Gasteiger charge is 2.22. The third-order valence-corrected chi connectivity index (χ3v) is 2.06. The summed E-state index contributed by atoms with van der Waals surface area (Å²) in [5.41, 5.74) is 7.48. The molecular formula is C10H7N3O5. The van der Waals surface area contributed by atoms with Crippen molar-refractivity contribution in [3.63, 3.8) is 0 Å². The van der Waals surface area contributed by atoms with Crippen molar-refractivity contribution in [3.05, 3.63) is 45.0 Å². The van der Waals surface area contributed by atoms with E-state index in [0.717, 1.165) is 25.3 Å². The van der Waals surface area contributed by atoms with Gasteiger partial charge in [-0.05, 0) is 6.07 Å². The molecule has 0 aliphatic carbocycles. The lowest BCUT2D eigenvalue weighted by Crippen LogP contribution is -2.12. The number of esters is 1. The largest absolute Gasteiger partial charge is 0.465 e. The van der Waals surface area contributed by atoms with Gasteiger partial charge < -0.3 is 10.3 Å². The van der Waals surface area contributed by atoms with Crippen molar-refractivity contribution in [1.82, 2.24) is 0 Å². The minimum absolute atomic E-state index is 0.145. The maximum absolute atomic E-state index is 11.5. The summed E-state index contributed by atoms with van der Waals surface area (Å²) in [4.78, 5) is 35.3. The Morgan fingerprint density at radius 3 is 2.61 bits per heavy atom. The molecule has 0 radical (unpaired) electrons. The van der Waals surface area contributed by atoms with Crippen molar-refractivity contribution >= 4 is 23.7 Å². The van der Waals surface area contributed by atoms with Gasteiger partial charge in [0.1, 0.15) is 0 Å². The van der Waals surface area contributed by atoms with Gasteiger partial charge in [0.25, 0.3) is 11.5 Å². The van der Waals surface area contributed by atoms with Crippen molar-refractivity contribution in [2.75, 3.05) is 7.11 Å². The molecule has 8 heteroatoms. The van der Waals surface area contributed by atoms with Crippen molar-refractivity contribution in [2.24, 2.45) is 0 Å². The standard InChI is InChI=1S/C10H7N3O5/c1-18-10(15)7-3-2-6(13(16)17)4-8(7)9(14)5-12-11/h2-5H,1H3. The molecule has 0 saturated carbocycles. The molecule has 0 saturated heterocycles. The number of nitro benzene ring substituents is 1. The minimum Gasteiger partial charge on any atom is -0.465 e. The quantitative estimate of drug-likeness (QED) is 0.149. The average molecular weight is 249 g/mol. The van der Waals surface area contributed by atoms with E-state index < -0.39 is 16.7 Å². The van der Waals surface area contributed by atoms with Gasteiger partial charge in [0.05, 0.1) is 23.2 Å². The molecule has 18 heavy (non-hydrogen) atoms. The first kappa shape index (κ1) is 13.2. The molecule has 0 aromatic heterocycles. The molecule has 0 heterocycles. The fourth-order valence-electron chi connectivity index (χ4n) is 1.26. The number of nitrogens with zero attached hydrogens (tertiary/aromatic N) is 3. The Morgan fingerprint density at radius 2 is 2.11 bits per heavy atom. The van der Waals surface area contributed by atoms with Gasteiger partial charge in [-0.2, -0.15) is 4.79 Å². The van der Waals surface area contributed by atoms with Gasteiger partial charge in [-0.15, -0.1) is 0 Å². The number of non-ortho nitro benzene ring substituents is 1. The Hall–Kier alpha value is -2.86. The van der Waals surface area contributed by atoms with Crippen LogP contribution in [-0.2, 0) is 4.74 Å². The van der Waals surface area contributed by atoms with Crippen LogP contribution in [0.5, 0.6) is 0 Å². The summed E-state index contributed by atoms with van der Waals surface area (Å²) < 4.78 is 4.44. The lowest BCUT2D eigenvalue weighted by atomic mass is 10.0. The van der Waals surface area contributed by atoms with Crippen molar-refractivity contribution in [3.8, 4) is 0 Å². The van der Waals surface area contributed by atoms with Gasteiger partial charge in [-0.1, -0.05) is 0 Å². The lowest BCUT2D eigenvalue weighted by molar-refractivity contribution is -0.384. The number of hydrogen-bond donors (Lipinski definition) is 0. The molecule has 0 aliphatic rings. The molecular weight excluding hydrogens is 242 g/mol. The summed E-state index contributed by atoms with van der Waals surface area (Å²) in [6.45, 7) is 0. The van der Waals surface area contributed by atoms with Gasteiger partial charge in [-0.25, -0.2) is 4.79 Å². The first-order valence-electron chi connectivity index (χ1n) is 4.59. The Morgan fingerprint density at radius 1 is 1.44 bits per heavy atom. The lowest BCUT2D eigenvalue weighted by Gasteiger charge is -2.03. The van der Waals surface area contributed by atoms with Gasteiger partial charge in [0, 0.05) is 12.1 Å². The topological polar surface area (TPSA) is 123 Å². The molecule has 0 atom stereocenters. The zero-order valence-corrected chi connectivity index (χ0v) is 9.19. The Kier molecular flexibility index (Phi) is 4.01. The van der Waals surface area contributed by atoms with E-state index in [1.165, 1.54) is 0 Å². The number of methoxy groups -OCH3 is 1. The number of carbonyl (C=O) groups is 2. The van der Waals surface area contributed by atoms with E-state index >= 15 is 0 Å². The van der Waals surface area contributed by atoms with Crippen LogP contribution >= 0.6 is 0 Å². The van der Waals surface area contributed by atoms with E-state index in [4.69, 9.17) is 5.53 Å². The van der Waals surface area contributed by atoms with Crippen LogP contribution < -0.4 is 0 Å². The smallest absolute Gasteiger partial charge is 0.338 e. The third-order valence-electron chi connectivity index (χ3n) is 2.06. The van der Waals surface area contributed by atoms with Gasteiger partial charge >= 0.3 is 12.2 Å². The van der Waals surface area contributed by atoms with Gasteiger partial charge in [0.15, 0.2) is 0 Å². The zero-order valence-electron chi connectivity index (χ0n) is 9.19. The summed E-state index contributed by atoms with van der Waals surface area (Å²) in [7, 11) is 1.11. The van der Waals surface area contributed by atoms with Crippen LogP contribution in [0.4, 0.5) is 5.69 Å². The van der Waals surface area contributed by atoms with Crippen molar-refractivity contribution < 1.29 is 24.0 Å². The highest BCUT2D eigenvalue weighted by atomic mass is 16.6. The zero-order chi connectivity index (χ0) is 13.7. The molecule has 1 aromatic rings. The second-order valence-corrected chi connectivity index (χ2v) is 3.09. The van der Waals surface area contributed by atoms with Crippen LogP contribution in [0, 0.1) is 10.1 Å². The van der Waals surface area contributed by atoms with E-state index in [9.17, 15) is 19.7 Å². The summed E-state index contributed by atoms with van der Waals surface area (Å²) in [5.74, 6) is -1.67. The summed E-state index contributed by atoms with van der Waals surface area (Å²) in [5, 5.41) is 10.6. The number of rotatable bonds is 4. The molecule has 0 bridgehead atoms. The van der Waals surface area contributed by atoms with E-state index in [1.807, 2.05) is 0 Å². The fraction of sp³-hybridized carbons (Fsp3) is 0.100. The number of Topliss-reactive ketones (excluding diaryl/α,β-unsaturated/α-hetero) is 1. The average Bonchev–Trinajstić information content (AvgIpc) is 2.37. The molecule has 0 fully saturated rings. The van der Waals surface area contributed by atoms with Crippen LogP contribution in [0.1, 0.15) is 20.7 Å². The molecule has 0 amide bonds. The molecule has 0 unspecified atom stereocenters. The van der Waals surface area contributed by atoms with E-state index in [1.54, 1.807) is 0 Å². The number of ether oxygens (including phenoxy) is 1. The monoisotopic (exact) mass is 249 g/mol. The minimum atomic E-state index is -0.846. The second kappa shape index (κ2) is 5.46. The molecule has 1 rings (SSSR count). The highest BCUT2D eigenvalue weighted by molar-refractivity contribution is 6.35. The Labute approximate surface area is 101 Å². The van der Waals surface area contributed by atoms with Crippen LogP contribution in [0.3, 0.4) is 0 Å². The van der Waals surface area contributed by atoms with Crippen molar-refractivity contribution in [2.45, 2.75) is 0 Å². The summed E-state index contributed by atoms with van der Waals surface area (Å²) in [6, 6.07) is 3.08. The van der Waals surface area contributed by atoms with Crippen LogP contribution in [0.2, 0.25) is 0 Å². The summed E-state index contributed by atoms with van der Waals surface area (Å²) in [6.07, 6.45) is 0.533. The number of carbonyl (C=O) groups excluding carboxylic acids is 2. The maximum Gasteiger partial charge on any atom is 0.338 e. The fourth-order valence-corrected chi connectivity index (χ4v) is 1.26. The van der Waals surface area contributed by atoms with Crippen LogP contribution in [-0.4, -0.2) is 34.8 Å². The van der Waals surface area contributed by atoms with E-state index in [2.05, 4.69) is 9.53 Å². The molecule has 92 valence electrons. The van der Waals surface area contributed by atoms with Crippen molar-refractivity contribution in [1.29, 1.82) is 0 Å². The van der Waals surface area contributed by atoms with Crippen LogP contribution in [0.15, 0.2) is 18.2 Å². The molecule has 0 spiro atoms. The SMILES string of the molecule is COC(=O)c1ccc([N+](=O)[O-])cc1C(=O)C=[N+]=[N-].